The number of rotatable bonds is 4. The zero-order valence-electron chi connectivity index (χ0n) is 12.9. The fourth-order valence-electron chi connectivity index (χ4n) is 3.16. The van der Waals surface area contributed by atoms with E-state index in [2.05, 4.69) is 30.7 Å². The van der Waals surface area contributed by atoms with Gasteiger partial charge in [0.15, 0.2) is 0 Å². The molecule has 0 N–H and O–H groups in total. The van der Waals surface area contributed by atoms with Crippen LogP contribution in [0.5, 0.6) is 5.75 Å². The van der Waals surface area contributed by atoms with E-state index >= 15 is 0 Å². The van der Waals surface area contributed by atoms with Gasteiger partial charge in [0.25, 0.3) is 0 Å². The number of hydrogen-bond acceptors (Lipinski definition) is 4. The number of oxime groups is 1. The quantitative estimate of drug-likeness (QED) is 0.747. The number of likely N-dealkylation sites (tertiary alicyclic amines) is 1. The molecule has 8 heteroatoms. The third kappa shape index (κ3) is 4.86. The Morgan fingerprint density at radius 2 is 1.88 bits per heavy atom. The molecule has 2 heterocycles. The van der Waals surface area contributed by atoms with Crippen molar-refractivity contribution >= 4 is 20.6 Å². The van der Waals surface area contributed by atoms with Gasteiger partial charge < -0.3 is 9.57 Å². The third-order valence-corrected chi connectivity index (χ3v) is 4.85. The molecule has 0 bridgehead atoms. The summed E-state index contributed by atoms with van der Waals surface area (Å²) < 4.78 is 41.2. The molecule has 2 aliphatic heterocycles. The molecule has 1 aromatic carbocycles. The van der Waals surface area contributed by atoms with E-state index in [4.69, 9.17) is 4.84 Å². The van der Waals surface area contributed by atoms with E-state index in [0.717, 1.165) is 49.1 Å². The van der Waals surface area contributed by atoms with Gasteiger partial charge in [-0.2, -0.15) is 0 Å². The number of benzene rings is 1. The third-order valence-electron chi connectivity index (χ3n) is 4.38. The van der Waals surface area contributed by atoms with Crippen molar-refractivity contribution in [3.8, 4) is 5.75 Å². The van der Waals surface area contributed by atoms with Crippen molar-refractivity contribution in [1.82, 2.24) is 4.90 Å². The second-order valence-corrected chi connectivity index (χ2v) is 7.04. The van der Waals surface area contributed by atoms with Crippen LogP contribution in [0.25, 0.3) is 0 Å². The lowest BCUT2D eigenvalue weighted by atomic mass is 9.90. The zero-order valence-corrected chi connectivity index (χ0v) is 14.5. The van der Waals surface area contributed by atoms with E-state index in [1.54, 1.807) is 12.1 Å². The van der Waals surface area contributed by atoms with Gasteiger partial charge in [-0.1, -0.05) is 17.3 Å². The highest BCUT2D eigenvalue weighted by molar-refractivity contribution is 9.18. The van der Waals surface area contributed by atoms with E-state index in [1.807, 2.05) is 0 Å². The van der Waals surface area contributed by atoms with E-state index in [-0.39, 0.29) is 11.9 Å². The summed E-state index contributed by atoms with van der Waals surface area (Å²) in [5.41, 5.74) is 0.978. The van der Waals surface area contributed by atoms with Gasteiger partial charge in [0.2, 0.25) is 0 Å². The molecule has 0 saturated carbocycles. The fraction of sp³-hybridized carbons (Fsp3) is 0.562. The number of alkyl halides is 3. The molecular weight excluding hydrogens is 389 g/mol. The smallest absolute Gasteiger partial charge is 0.406 e. The van der Waals surface area contributed by atoms with Gasteiger partial charge in [0.1, 0.15) is 16.5 Å². The van der Waals surface area contributed by atoms with Gasteiger partial charge in [-0.25, -0.2) is 0 Å². The van der Waals surface area contributed by atoms with Gasteiger partial charge in [-0.05, 0) is 59.6 Å². The van der Waals surface area contributed by atoms with Crippen molar-refractivity contribution < 1.29 is 22.7 Å². The summed E-state index contributed by atoms with van der Waals surface area (Å²) in [5, 5.41) is 3.94. The van der Waals surface area contributed by atoms with Crippen molar-refractivity contribution in [3.63, 3.8) is 0 Å². The van der Waals surface area contributed by atoms with Crippen LogP contribution in [-0.2, 0) is 11.4 Å². The normalized spacial score (nSPS) is 23.0. The van der Waals surface area contributed by atoms with Crippen molar-refractivity contribution in [2.24, 2.45) is 11.1 Å². The first kappa shape index (κ1) is 17.5. The number of halogens is 4. The predicted molar refractivity (Wildman–Crippen MR) is 87.0 cm³/mol. The number of hydrogen-bond donors (Lipinski definition) is 0. The Hall–Kier alpha value is -1.28. The van der Waals surface area contributed by atoms with Crippen LogP contribution in [0.2, 0.25) is 0 Å². The Labute approximate surface area is 146 Å². The second-order valence-electron chi connectivity index (χ2n) is 6.12. The first-order chi connectivity index (χ1) is 11.4. The monoisotopic (exact) mass is 406 g/mol. The zero-order chi connectivity index (χ0) is 17.2. The van der Waals surface area contributed by atoms with Crippen LogP contribution in [0.3, 0.4) is 0 Å². The average molecular weight is 407 g/mol. The average Bonchev–Trinajstić information content (AvgIpc) is 2.95. The highest BCUT2D eigenvalue weighted by Gasteiger charge is 2.32. The van der Waals surface area contributed by atoms with Crippen molar-refractivity contribution in [3.05, 3.63) is 29.8 Å². The minimum atomic E-state index is -4.65. The second kappa shape index (κ2) is 7.31. The Balaban J connectivity index is 1.46. The van der Waals surface area contributed by atoms with Gasteiger partial charge in [-0.3, -0.25) is 4.90 Å². The molecule has 0 spiro atoms. The fourth-order valence-corrected chi connectivity index (χ4v) is 3.56. The molecule has 1 saturated heterocycles. The number of nitrogens with zero attached hydrogens (tertiary/aromatic N) is 2. The molecule has 1 aromatic rings. The van der Waals surface area contributed by atoms with Crippen LogP contribution < -0.4 is 4.74 Å². The van der Waals surface area contributed by atoms with Crippen LogP contribution >= 0.6 is 15.9 Å². The van der Waals surface area contributed by atoms with Crippen LogP contribution in [-0.4, -0.2) is 35.1 Å². The van der Waals surface area contributed by atoms with Gasteiger partial charge in [0, 0.05) is 18.9 Å². The molecule has 132 valence electrons. The van der Waals surface area contributed by atoms with Crippen LogP contribution in [0, 0.1) is 5.92 Å². The van der Waals surface area contributed by atoms with Gasteiger partial charge in [0.05, 0.1) is 0 Å². The van der Waals surface area contributed by atoms with Crippen molar-refractivity contribution in [1.29, 1.82) is 0 Å². The lowest BCUT2D eigenvalue weighted by Crippen LogP contribution is -2.37. The highest BCUT2D eigenvalue weighted by Crippen LogP contribution is 2.30. The first-order valence-corrected chi connectivity index (χ1v) is 8.63. The molecule has 3 rings (SSSR count). The van der Waals surface area contributed by atoms with Gasteiger partial charge in [-0.15, -0.1) is 13.2 Å². The summed E-state index contributed by atoms with van der Waals surface area (Å²) in [6.45, 7) is 2.62. The summed E-state index contributed by atoms with van der Waals surface area (Å²) in [6, 6.07) is 6.07. The van der Waals surface area contributed by atoms with Crippen LogP contribution in [0.15, 0.2) is 29.4 Å². The predicted octanol–water partition coefficient (Wildman–Crippen LogP) is 4.29. The Morgan fingerprint density at radius 3 is 2.42 bits per heavy atom. The van der Waals surface area contributed by atoms with Crippen molar-refractivity contribution in [2.45, 2.75) is 38.3 Å². The molecule has 0 radical (unpaired) electrons. The molecular formula is C16H18BrF3N2O2. The highest BCUT2D eigenvalue weighted by atomic mass is 79.9. The molecule has 0 aliphatic carbocycles. The van der Waals surface area contributed by atoms with E-state index < -0.39 is 6.36 Å². The molecule has 1 atom stereocenters. The van der Waals surface area contributed by atoms with E-state index in [0.29, 0.717) is 5.92 Å². The largest absolute Gasteiger partial charge is 0.573 e. The summed E-state index contributed by atoms with van der Waals surface area (Å²) in [4.78, 5) is 7.73. The topological polar surface area (TPSA) is 34.1 Å². The van der Waals surface area contributed by atoms with Crippen molar-refractivity contribution in [2.75, 3.05) is 13.1 Å². The molecule has 4 nitrogen and oxygen atoms in total. The lowest BCUT2D eigenvalue weighted by Gasteiger charge is -2.33. The summed E-state index contributed by atoms with van der Waals surface area (Å²) in [6.07, 6.45) is -1.57. The van der Waals surface area contributed by atoms with E-state index in [1.165, 1.54) is 12.1 Å². The molecule has 24 heavy (non-hydrogen) atoms. The summed E-state index contributed by atoms with van der Waals surface area (Å²) >= 11 is 3.36. The minimum absolute atomic E-state index is 0.167. The molecule has 0 aromatic heterocycles. The lowest BCUT2D eigenvalue weighted by molar-refractivity contribution is -0.274. The number of piperidine rings is 1. The van der Waals surface area contributed by atoms with Gasteiger partial charge >= 0.3 is 6.36 Å². The summed E-state index contributed by atoms with van der Waals surface area (Å²) in [5.74, 6) is 0.316. The summed E-state index contributed by atoms with van der Waals surface area (Å²) in [7, 11) is 0. The first-order valence-electron chi connectivity index (χ1n) is 7.84. The Kier molecular flexibility index (Phi) is 5.34. The van der Waals surface area contributed by atoms with Crippen LogP contribution in [0.4, 0.5) is 13.2 Å². The maximum absolute atomic E-state index is 12.2. The van der Waals surface area contributed by atoms with E-state index in [9.17, 15) is 13.2 Å². The molecule has 1 fully saturated rings. The molecule has 0 unspecified atom stereocenters. The maximum atomic E-state index is 12.2. The molecule has 2 aliphatic rings. The molecule has 0 amide bonds. The maximum Gasteiger partial charge on any atom is 0.573 e. The Bertz CT molecular complexity index is 584. The van der Waals surface area contributed by atoms with Crippen LogP contribution in [0.1, 0.15) is 24.8 Å². The minimum Gasteiger partial charge on any atom is -0.406 e. The number of ether oxygens (including phenoxy) is 1. The standard InChI is InChI=1S/C16H18BrF3N2O2/c17-15-9-14(24-21-15)12-5-7-22(8-6-12)10-11-1-3-13(4-2-11)23-16(18,19)20/h1-4,12,14H,5-10H2/t14-/m1/s1. The Morgan fingerprint density at radius 1 is 1.21 bits per heavy atom. The SMILES string of the molecule is FC(F)(F)Oc1ccc(CN2CCC([C@H]3CC(Br)=NO3)CC2)cc1.